The van der Waals surface area contributed by atoms with Gasteiger partial charge in [0.25, 0.3) is 0 Å². The molecule has 0 saturated carbocycles. The summed E-state index contributed by atoms with van der Waals surface area (Å²) in [7, 11) is 0. The summed E-state index contributed by atoms with van der Waals surface area (Å²) in [6.07, 6.45) is 4.16. The number of fused-ring (bicyclic) bond motifs is 1. The van der Waals surface area contributed by atoms with E-state index in [4.69, 9.17) is 4.42 Å². The maximum Gasteiger partial charge on any atom is 0.134 e. The Morgan fingerprint density at radius 3 is 3.05 bits per heavy atom. The molecule has 2 aromatic rings. The standard InChI is InChI=1S/C16H21NOS/c1-12-15(14-7-2-3-8-16(14)18-12)11-17-10-13-6-4-5-9-19-13/h2-3,7-8,13,17H,4-6,9-11H2,1H3. The number of para-hydroxylation sites is 1. The summed E-state index contributed by atoms with van der Waals surface area (Å²) in [6.45, 7) is 4.09. The predicted octanol–water partition coefficient (Wildman–Crippen LogP) is 4.12. The van der Waals surface area contributed by atoms with Crippen LogP contribution in [-0.4, -0.2) is 17.5 Å². The van der Waals surface area contributed by atoms with E-state index in [0.29, 0.717) is 0 Å². The van der Waals surface area contributed by atoms with Gasteiger partial charge in [0, 0.05) is 29.3 Å². The van der Waals surface area contributed by atoms with Crippen LogP contribution < -0.4 is 5.32 Å². The van der Waals surface area contributed by atoms with Crippen molar-refractivity contribution in [2.24, 2.45) is 0 Å². The van der Waals surface area contributed by atoms with Gasteiger partial charge in [0.05, 0.1) is 0 Å². The van der Waals surface area contributed by atoms with E-state index in [2.05, 4.69) is 36.1 Å². The first-order chi connectivity index (χ1) is 9.34. The summed E-state index contributed by atoms with van der Waals surface area (Å²) in [5.41, 5.74) is 2.32. The molecule has 3 rings (SSSR count). The van der Waals surface area contributed by atoms with Crippen molar-refractivity contribution < 1.29 is 4.42 Å². The predicted molar refractivity (Wildman–Crippen MR) is 82.8 cm³/mol. The molecule has 1 aliphatic heterocycles. The summed E-state index contributed by atoms with van der Waals surface area (Å²) in [4.78, 5) is 0. The lowest BCUT2D eigenvalue weighted by molar-refractivity contribution is 0.558. The lowest BCUT2D eigenvalue weighted by Gasteiger charge is -2.21. The van der Waals surface area contributed by atoms with Crippen LogP contribution in [0, 0.1) is 6.92 Å². The van der Waals surface area contributed by atoms with E-state index in [1.54, 1.807) is 0 Å². The van der Waals surface area contributed by atoms with Gasteiger partial charge in [-0.1, -0.05) is 24.6 Å². The normalized spacial score (nSPS) is 19.9. The summed E-state index contributed by atoms with van der Waals surface area (Å²) in [5, 5.41) is 5.66. The molecule has 0 amide bonds. The zero-order valence-corrected chi connectivity index (χ0v) is 12.3. The summed E-state index contributed by atoms with van der Waals surface area (Å²) in [6, 6.07) is 8.31. The van der Waals surface area contributed by atoms with Crippen molar-refractivity contribution in [1.29, 1.82) is 0 Å². The minimum absolute atomic E-state index is 0.798. The number of benzene rings is 1. The summed E-state index contributed by atoms with van der Waals surface area (Å²) >= 11 is 2.12. The highest BCUT2D eigenvalue weighted by molar-refractivity contribution is 7.99. The second-order valence-electron chi connectivity index (χ2n) is 5.25. The molecule has 19 heavy (non-hydrogen) atoms. The molecule has 2 heterocycles. The number of thioether (sulfide) groups is 1. The SMILES string of the molecule is Cc1oc2ccccc2c1CNCC1CCCCS1. The van der Waals surface area contributed by atoms with E-state index in [1.807, 2.05) is 12.1 Å². The fourth-order valence-corrected chi connectivity index (χ4v) is 4.04. The van der Waals surface area contributed by atoms with Crippen LogP contribution in [0.3, 0.4) is 0 Å². The van der Waals surface area contributed by atoms with Crippen molar-refractivity contribution in [2.45, 2.75) is 38.0 Å². The van der Waals surface area contributed by atoms with Gasteiger partial charge in [-0.3, -0.25) is 0 Å². The third-order valence-electron chi connectivity index (χ3n) is 3.85. The van der Waals surface area contributed by atoms with Gasteiger partial charge in [0.2, 0.25) is 0 Å². The van der Waals surface area contributed by atoms with E-state index in [0.717, 1.165) is 29.7 Å². The van der Waals surface area contributed by atoms with Crippen molar-refractivity contribution in [1.82, 2.24) is 5.32 Å². The zero-order chi connectivity index (χ0) is 13.1. The van der Waals surface area contributed by atoms with Gasteiger partial charge in [-0.15, -0.1) is 0 Å². The average molecular weight is 275 g/mol. The molecule has 102 valence electrons. The average Bonchev–Trinajstić information content (AvgIpc) is 2.76. The van der Waals surface area contributed by atoms with Crippen molar-refractivity contribution >= 4 is 22.7 Å². The Bertz CT molecular complexity index is 543. The molecule has 1 aromatic heterocycles. The van der Waals surface area contributed by atoms with Crippen LogP contribution in [0.15, 0.2) is 28.7 Å². The molecule has 0 radical (unpaired) electrons. The van der Waals surface area contributed by atoms with E-state index in [1.165, 1.54) is 36.0 Å². The number of nitrogens with one attached hydrogen (secondary N) is 1. The van der Waals surface area contributed by atoms with Crippen molar-refractivity contribution in [3.8, 4) is 0 Å². The van der Waals surface area contributed by atoms with Gasteiger partial charge < -0.3 is 9.73 Å². The lowest BCUT2D eigenvalue weighted by Crippen LogP contribution is -2.26. The highest BCUT2D eigenvalue weighted by Crippen LogP contribution is 2.26. The lowest BCUT2D eigenvalue weighted by atomic mass is 10.1. The van der Waals surface area contributed by atoms with E-state index >= 15 is 0 Å². The van der Waals surface area contributed by atoms with Crippen molar-refractivity contribution in [2.75, 3.05) is 12.3 Å². The Kier molecular flexibility index (Phi) is 4.14. The molecule has 1 aliphatic rings. The highest BCUT2D eigenvalue weighted by Gasteiger charge is 2.14. The minimum Gasteiger partial charge on any atom is -0.461 e. The molecule has 1 fully saturated rings. The highest BCUT2D eigenvalue weighted by atomic mass is 32.2. The second-order valence-corrected chi connectivity index (χ2v) is 6.66. The molecule has 1 atom stereocenters. The molecule has 2 nitrogen and oxygen atoms in total. The maximum atomic E-state index is 5.80. The second kappa shape index (κ2) is 6.02. The van der Waals surface area contributed by atoms with Crippen LogP contribution in [0.25, 0.3) is 11.0 Å². The molecule has 1 aromatic carbocycles. The smallest absolute Gasteiger partial charge is 0.134 e. The molecule has 1 unspecified atom stereocenters. The molecule has 0 spiro atoms. The zero-order valence-electron chi connectivity index (χ0n) is 11.4. The molecule has 0 aliphatic carbocycles. The number of rotatable bonds is 4. The van der Waals surface area contributed by atoms with E-state index < -0.39 is 0 Å². The molecule has 1 N–H and O–H groups in total. The van der Waals surface area contributed by atoms with Crippen LogP contribution in [0.4, 0.5) is 0 Å². The Morgan fingerprint density at radius 2 is 2.21 bits per heavy atom. The van der Waals surface area contributed by atoms with Crippen LogP contribution in [-0.2, 0) is 6.54 Å². The van der Waals surface area contributed by atoms with E-state index in [9.17, 15) is 0 Å². The maximum absolute atomic E-state index is 5.80. The molecular weight excluding hydrogens is 254 g/mol. The van der Waals surface area contributed by atoms with Gasteiger partial charge in [-0.05, 0) is 31.6 Å². The van der Waals surface area contributed by atoms with Gasteiger partial charge in [-0.25, -0.2) is 0 Å². The summed E-state index contributed by atoms with van der Waals surface area (Å²) in [5.74, 6) is 2.38. The summed E-state index contributed by atoms with van der Waals surface area (Å²) < 4.78 is 5.80. The van der Waals surface area contributed by atoms with E-state index in [-0.39, 0.29) is 0 Å². The Balaban J connectivity index is 1.63. The Morgan fingerprint density at radius 1 is 1.32 bits per heavy atom. The molecule has 0 bridgehead atoms. The van der Waals surface area contributed by atoms with Crippen LogP contribution >= 0.6 is 11.8 Å². The van der Waals surface area contributed by atoms with Crippen LogP contribution in [0.5, 0.6) is 0 Å². The van der Waals surface area contributed by atoms with Gasteiger partial charge >= 0.3 is 0 Å². The van der Waals surface area contributed by atoms with Crippen molar-refractivity contribution in [3.63, 3.8) is 0 Å². The van der Waals surface area contributed by atoms with Gasteiger partial charge in [0.1, 0.15) is 11.3 Å². The van der Waals surface area contributed by atoms with Crippen LogP contribution in [0.1, 0.15) is 30.6 Å². The first kappa shape index (κ1) is 13.1. The minimum atomic E-state index is 0.798. The largest absolute Gasteiger partial charge is 0.461 e. The Labute approximate surface area is 118 Å². The number of aryl methyl sites for hydroxylation is 1. The topological polar surface area (TPSA) is 25.2 Å². The van der Waals surface area contributed by atoms with Gasteiger partial charge in [0.15, 0.2) is 0 Å². The first-order valence-electron chi connectivity index (χ1n) is 7.14. The fourth-order valence-electron chi connectivity index (χ4n) is 2.77. The van der Waals surface area contributed by atoms with Crippen molar-refractivity contribution in [3.05, 3.63) is 35.6 Å². The quantitative estimate of drug-likeness (QED) is 0.908. The molecule has 3 heteroatoms. The van der Waals surface area contributed by atoms with Gasteiger partial charge in [-0.2, -0.15) is 11.8 Å². The third-order valence-corrected chi connectivity index (χ3v) is 5.25. The first-order valence-corrected chi connectivity index (χ1v) is 8.19. The van der Waals surface area contributed by atoms with Crippen LogP contribution in [0.2, 0.25) is 0 Å². The fraction of sp³-hybridized carbons (Fsp3) is 0.500. The number of furan rings is 1. The number of hydrogen-bond donors (Lipinski definition) is 1. The molecule has 1 saturated heterocycles. The molecular formula is C16H21NOS. The number of hydrogen-bond acceptors (Lipinski definition) is 3. The third kappa shape index (κ3) is 2.98. The monoisotopic (exact) mass is 275 g/mol. The Hall–Kier alpha value is -0.930.